The topological polar surface area (TPSA) is 87.1 Å². The molecule has 2 aromatic carbocycles. The molecule has 7 nitrogen and oxygen atoms in total. The zero-order valence-electron chi connectivity index (χ0n) is 16.2. The van der Waals surface area contributed by atoms with Gasteiger partial charge in [0.15, 0.2) is 18.7 Å². The molecule has 2 amide bonds. The first kappa shape index (κ1) is 22.1. The van der Waals surface area contributed by atoms with Crippen molar-refractivity contribution >= 4 is 18.0 Å². The fourth-order valence-corrected chi connectivity index (χ4v) is 3.40. The van der Waals surface area contributed by atoms with E-state index in [4.69, 9.17) is 0 Å². The predicted molar refractivity (Wildman–Crippen MR) is 102 cm³/mol. The Morgan fingerprint density at radius 1 is 0.871 bits per heavy atom. The van der Waals surface area contributed by atoms with Crippen LogP contribution in [0.1, 0.15) is 11.1 Å². The summed E-state index contributed by atoms with van der Waals surface area (Å²) in [6, 6.07) is 12.6. The maximum Gasteiger partial charge on any atom is 0.422 e. The van der Waals surface area contributed by atoms with Crippen LogP contribution in [0.5, 0.6) is 0 Å². The molecule has 164 valence electrons. The number of carbonyl (C=O) groups is 3. The van der Waals surface area contributed by atoms with Crippen LogP contribution in [0.4, 0.5) is 18.0 Å². The largest absolute Gasteiger partial charge is 0.480 e. The number of urea groups is 1. The van der Waals surface area contributed by atoms with Crippen LogP contribution in [0.15, 0.2) is 60.7 Å². The predicted octanol–water partition coefficient (Wildman–Crippen LogP) is 3.05. The summed E-state index contributed by atoms with van der Waals surface area (Å²) in [4.78, 5) is 39.6. The van der Waals surface area contributed by atoms with Crippen molar-refractivity contribution in [3.05, 3.63) is 71.8 Å². The second kappa shape index (κ2) is 9.07. The summed E-state index contributed by atoms with van der Waals surface area (Å²) < 4.78 is 42.0. The van der Waals surface area contributed by atoms with E-state index in [1.54, 1.807) is 60.7 Å². The fraction of sp³-hybridized carbons (Fsp3) is 0.286. The normalized spacial score (nSPS) is 18.9. The summed E-state index contributed by atoms with van der Waals surface area (Å²) >= 11 is 0. The summed E-state index contributed by atoms with van der Waals surface area (Å²) in [6.45, 7) is -2.17. The van der Waals surface area contributed by atoms with E-state index in [9.17, 15) is 32.7 Å². The van der Waals surface area contributed by atoms with Crippen LogP contribution >= 0.6 is 0 Å². The molecule has 0 radical (unpaired) electrons. The number of amides is 2. The first-order valence-electron chi connectivity index (χ1n) is 9.28. The van der Waals surface area contributed by atoms with Crippen LogP contribution in [0.25, 0.3) is 0 Å². The molecule has 1 fully saturated rings. The molecule has 1 heterocycles. The Morgan fingerprint density at radius 3 is 1.74 bits per heavy atom. The van der Waals surface area contributed by atoms with Crippen molar-refractivity contribution in [1.29, 1.82) is 0 Å². The number of aliphatic carboxylic acids is 1. The lowest BCUT2D eigenvalue weighted by Crippen LogP contribution is -2.49. The Balaban J connectivity index is 1.95. The zero-order valence-corrected chi connectivity index (χ0v) is 16.2. The molecule has 0 unspecified atom stereocenters. The van der Waals surface area contributed by atoms with Crippen LogP contribution in [0, 0.1) is 0 Å². The van der Waals surface area contributed by atoms with Crippen molar-refractivity contribution in [3.8, 4) is 0 Å². The van der Waals surface area contributed by atoms with Crippen molar-refractivity contribution in [2.24, 2.45) is 0 Å². The number of carboxylic acids is 1. The first-order chi connectivity index (χ1) is 14.7. The Hall–Kier alpha value is -3.56. The average Bonchev–Trinajstić information content (AvgIpc) is 2.99. The Labute approximate surface area is 175 Å². The molecule has 1 saturated heterocycles. The van der Waals surface area contributed by atoms with Gasteiger partial charge in [-0.15, -0.1) is 0 Å². The van der Waals surface area contributed by atoms with Gasteiger partial charge in [0.05, 0.1) is 0 Å². The van der Waals surface area contributed by atoms with Crippen LogP contribution in [0.3, 0.4) is 0 Å². The SMILES string of the molecule is O=C(OCC(F)(F)F)[C@@H]1[C@H](C(=O)O)N(Cc2ccccc2)C(=O)N1Cc1ccccc1. The van der Waals surface area contributed by atoms with Gasteiger partial charge in [0.2, 0.25) is 0 Å². The molecule has 2 atom stereocenters. The van der Waals surface area contributed by atoms with Gasteiger partial charge < -0.3 is 19.6 Å². The smallest absolute Gasteiger partial charge is 0.422 e. The van der Waals surface area contributed by atoms with Gasteiger partial charge in [-0.25, -0.2) is 14.4 Å². The van der Waals surface area contributed by atoms with E-state index in [0.29, 0.717) is 11.1 Å². The molecule has 0 saturated carbocycles. The molecule has 3 rings (SSSR count). The number of alkyl halides is 3. The number of esters is 1. The van der Waals surface area contributed by atoms with E-state index >= 15 is 0 Å². The lowest BCUT2D eigenvalue weighted by atomic mass is 10.1. The van der Waals surface area contributed by atoms with E-state index < -0.39 is 42.8 Å². The molecular formula is C21H19F3N2O5. The Kier molecular flexibility index (Phi) is 6.47. The van der Waals surface area contributed by atoms with E-state index in [2.05, 4.69) is 4.74 Å². The number of halogens is 3. The Bertz CT molecular complexity index is 937. The lowest BCUT2D eigenvalue weighted by Gasteiger charge is -2.24. The molecule has 10 heteroatoms. The van der Waals surface area contributed by atoms with E-state index in [1.165, 1.54) is 0 Å². The van der Waals surface area contributed by atoms with E-state index in [0.717, 1.165) is 9.80 Å². The number of nitrogens with zero attached hydrogens (tertiary/aromatic N) is 2. The van der Waals surface area contributed by atoms with Crippen molar-refractivity contribution in [3.63, 3.8) is 0 Å². The maximum atomic E-state index is 13.1. The summed E-state index contributed by atoms with van der Waals surface area (Å²) in [6.07, 6.45) is -4.79. The summed E-state index contributed by atoms with van der Waals surface area (Å²) in [5, 5.41) is 9.76. The number of ether oxygens (including phenoxy) is 1. The molecule has 1 aliphatic rings. The van der Waals surface area contributed by atoms with Gasteiger partial charge in [-0.3, -0.25) is 0 Å². The maximum absolute atomic E-state index is 13.1. The zero-order chi connectivity index (χ0) is 22.6. The molecule has 31 heavy (non-hydrogen) atoms. The lowest BCUT2D eigenvalue weighted by molar-refractivity contribution is -0.190. The minimum absolute atomic E-state index is 0.134. The van der Waals surface area contributed by atoms with Crippen molar-refractivity contribution in [1.82, 2.24) is 9.80 Å². The summed E-state index contributed by atoms with van der Waals surface area (Å²) in [5.41, 5.74) is 1.18. The number of rotatable bonds is 7. The van der Waals surface area contributed by atoms with Gasteiger partial charge in [0.25, 0.3) is 0 Å². The van der Waals surface area contributed by atoms with Crippen LogP contribution in [-0.4, -0.2) is 57.7 Å². The van der Waals surface area contributed by atoms with Gasteiger partial charge in [0, 0.05) is 13.1 Å². The minimum Gasteiger partial charge on any atom is -0.480 e. The van der Waals surface area contributed by atoms with Crippen LogP contribution in [-0.2, 0) is 27.4 Å². The minimum atomic E-state index is -4.79. The van der Waals surface area contributed by atoms with Crippen molar-refractivity contribution in [2.75, 3.05) is 6.61 Å². The fourth-order valence-electron chi connectivity index (χ4n) is 3.40. The standard InChI is InChI=1S/C21H19F3N2O5/c22-21(23,24)13-31-19(29)17-16(18(27)28)25(11-14-7-3-1-4-8-14)20(30)26(17)12-15-9-5-2-6-10-15/h1-10,16-17H,11-13H2,(H,27,28)/t16-,17+/m1/s1. The molecule has 2 aromatic rings. The van der Waals surface area contributed by atoms with Crippen molar-refractivity contribution in [2.45, 2.75) is 31.3 Å². The molecule has 0 aromatic heterocycles. The van der Waals surface area contributed by atoms with Gasteiger partial charge in [-0.1, -0.05) is 60.7 Å². The molecule has 1 N–H and O–H groups in total. The number of benzene rings is 2. The highest BCUT2D eigenvalue weighted by molar-refractivity contribution is 5.96. The second-order valence-corrected chi connectivity index (χ2v) is 6.96. The highest BCUT2D eigenvalue weighted by atomic mass is 19.4. The number of hydrogen-bond acceptors (Lipinski definition) is 4. The molecule has 0 bridgehead atoms. The van der Waals surface area contributed by atoms with Gasteiger partial charge in [-0.05, 0) is 11.1 Å². The highest BCUT2D eigenvalue weighted by Gasteiger charge is 2.54. The third-order valence-corrected chi connectivity index (χ3v) is 4.73. The van der Waals surface area contributed by atoms with Gasteiger partial charge >= 0.3 is 24.1 Å². The van der Waals surface area contributed by atoms with E-state index in [1.807, 2.05) is 0 Å². The molecule has 0 spiro atoms. The van der Waals surface area contributed by atoms with Crippen LogP contribution in [0.2, 0.25) is 0 Å². The van der Waals surface area contributed by atoms with E-state index in [-0.39, 0.29) is 13.1 Å². The third kappa shape index (κ3) is 5.33. The Morgan fingerprint density at radius 2 is 1.32 bits per heavy atom. The third-order valence-electron chi connectivity index (χ3n) is 4.73. The number of carbonyl (C=O) groups excluding carboxylic acids is 2. The summed E-state index contributed by atoms with van der Waals surface area (Å²) in [7, 11) is 0. The van der Waals surface area contributed by atoms with Gasteiger partial charge in [-0.2, -0.15) is 13.2 Å². The quantitative estimate of drug-likeness (QED) is 0.675. The van der Waals surface area contributed by atoms with Crippen LogP contribution < -0.4 is 0 Å². The molecule has 1 aliphatic heterocycles. The van der Waals surface area contributed by atoms with Crippen molar-refractivity contribution < 1.29 is 37.4 Å². The molecule has 0 aliphatic carbocycles. The second-order valence-electron chi connectivity index (χ2n) is 6.96. The molecular weight excluding hydrogens is 417 g/mol. The first-order valence-corrected chi connectivity index (χ1v) is 9.28. The summed E-state index contributed by atoms with van der Waals surface area (Å²) in [5.74, 6) is -2.95. The highest BCUT2D eigenvalue weighted by Crippen LogP contribution is 2.29. The van der Waals surface area contributed by atoms with Gasteiger partial charge in [0.1, 0.15) is 0 Å². The monoisotopic (exact) mass is 436 g/mol. The number of carboxylic acid groups (broad SMARTS) is 1. The number of hydrogen-bond donors (Lipinski definition) is 1. The average molecular weight is 436 g/mol.